The lowest BCUT2D eigenvalue weighted by Gasteiger charge is -2.41. The molecule has 0 spiro atoms. The molecule has 7 rings (SSSR count). The van der Waals surface area contributed by atoms with E-state index in [0.717, 1.165) is 74.7 Å². The molecule has 41 heavy (non-hydrogen) atoms. The molecule has 0 aromatic carbocycles. The molecule has 3 aliphatic rings. The van der Waals surface area contributed by atoms with Crippen LogP contribution in [0.25, 0.3) is 5.65 Å². The number of nitrogens with zero attached hydrogens (tertiary/aromatic N) is 10. The molecule has 1 amide bonds. The molecule has 3 saturated heterocycles. The first-order valence-corrected chi connectivity index (χ1v) is 14.3. The number of fused-ring (bicyclic) bond motifs is 3. The number of hydrogen-bond acceptors (Lipinski definition) is 10. The Hall–Kier alpha value is -4.07. The van der Waals surface area contributed by atoms with Gasteiger partial charge in [-0.05, 0) is 43.7 Å². The summed E-state index contributed by atoms with van der Waals surface area (Å²) in [6, 6.07) is 8.76. The topological polar surface area (TPSA) is 112 Å². The van der Waals surface area contributed by atoms with E-state index in [0.29, 0.717) is 24.6 Å². The van der Waals surface area contributed by atoms with Crippen LogP contribution < -0.4 is 10.2 Å². The minimum atomic E-state index is 0.0831. The van der Waals surface area contributed by atoms with E-state index in [1.165, 1.54) is 0 Å². The zero-order valence-corrected chi connectivity index (χ0v) is 23.2. The molecule has 3 aliphatic heterocycles. The van der Waals surface area contributed by atoms with Crippen molar-refractivity contribution in [1.82, 2.24) is 44.2 Å². The Bertz CT molecular complexity index is 1480. The van der Waals surface area contributed by atoms with E-state index < -0.39 is 0 Å². The summed E-state index contributed by atoms with van der Waals surface area (Å²) in [6.45, 7) is 5.80. The van der Waals surface area contributed by atoms with Gasteiger partial charge in [0.2, 0.25) is 11.9 Å². The molecule has 0 radical (unpaired) electrons. The van der Waals surface area contributed by atoms with Gasteiger partial charge in [-0.2, -0.15) is 15.1 Å². The van der Waals surface area contributed by atoms with Crippen LogP contribution in [-0.2, 0) is 22.8 Å². The fourth-order valence-corrected chi connectivity index (χ4v) is 6.03. The molecule has 4 aromatic rings. The molecule has 0 aliphatic carbocycles. The number of hydroxylamine groups is 2. The lowest BCUT2D eigenvalue weighted by Crippen LogP contribution is -2.53. The summed E-state index contributed by atoms with van der Waals surface area (Å²) in [6.07, 6.45) is 11.3. The Kier molecular flexibility index (Phi) is 6.98. The normalized spacial score (nSPS) is 21.6. The quantitative estimate of drug-likeness (QED) is 0.343. The number of aromatic nitrogens is 6. The number of carbonyl (C=O) groups excluding carboxylic acids is 1. The van der Waals surface area contributed by atoms with Gasteiger partial charge >= 0.3 is 0 Å². The highest BCUT2D eigenvalue weighted by atomic mass is 16.7. The molecule has 0 saturated carbocycles. The third-order valence-electron chi connectivity index (χ3n) is 8.24. The molecule has 2 bridgehead atoms. The van der Waals surface area contributed by atoms with E-state index in [1.807, 2.05) is 46.2 Å². The van der Waals surface area contributed by atoms with Crippen LogP contribution in [0.3, 0.4) is 0 Å². The van der Waals surface area contributed by atoms with Gasteiger partial charge < -0.3 is 20.0 Å². The molecule has 3 fully saturated rings. The molecule has 1 N–H and O–H groups in total. The standard InChI is InChI=1S/C28H35N11O2/c1-34-10-12-35(13-11-34)26(40)19-37-16-22(15-30-37)31-28-32-27-25(5-3-9-38(27)33-28)36-17-23-6-7-24(18-36)39(23)41-20-21-4-2-8-29-14-21/h2-5,8-9,14-16,23-24H,6-7,10-13,17-20H2,1H3,(H,31,33)/t23-,24+. The van der Waals surface area contributed by atoms with E-state index in [9.17, 15) is 4.79 Å². The van der Waals surface area contributed by atoms with E-state index >= 15 is 0 Å². The summed E-state index contributed by atoms with van der Waals surface area (Å²) >= 11 is 0. The summed E-state index contributed by atoms with van der Waals surface area (Å²) in [7, 11) is 2.08. The number of likely N-dealkylation sites (N-methyl/N-ethyl adjacent to an activating group) is 1. The van der Waals surface area contributed by atoms with Crippen molar-refractivity contribution in [2.45, 2.75) is 38.1 Å². The highest BCUT2D eigenvalue weighted by molar-refractivity contribution is 5.76. The van der Waals surface area contributed by atoms with Crippen molar-refractivity contribution in [3.05, 3.63) is 60.8 Å². The van der Waals surface area contributed by atoms with E-state index in [2.05, 4.69) is 48.5 Å². The fraction of sp³-hybridized carbons (Fsp3) is 0.464. The van der Waals surface area contributed by atoms with E-state index in [-0.39, 0.29) is 12.5 Å². The average molecular weight is 558 g/mol. The van der Waals surface area contributed by atoms with Crippen molar-refractivity contribution in [2.75, 3.05) is 56.5 Å². The van der Waals surface area contributed by atoms with Gasteiger partial charge in [-0.1, -0.05) is 6.07 Å². The van der Waals surface area contributed by atoms with Crippen LogP contribution in [0, 0.1) is 0 Å². The van der Waals surface area contributed by atoms with Gasteiger partial charge in [-0.15, -0.1) is 5.10 Å². The Morgan fingerprint density at radius 3 is 2.68 bits per heavy atom. The third-order valence-corrected chi connectivity index (χ3v) is 8.24. The number of pyridine rings is 2. The van der Waals surface area contributed by atoms with Gasteiger partial charge in [0, 0.05) is 64.1 Å². The molecule has 7 heterocycles. The summed E-state index contributed by atoms with van der Waals surface area (Å²) in [4.78, 5) is 34.5. The number of nitrogens with one attached hydrogen (secondary N) is 1. The number of carbonyl (C=O) groups is 1. The van der Waals surface area contributed by atoms with Gasteiger partial charge in [0.25, 0.3) is 0 Å². The van der Waals surface area contributed by atoms with E-state index in [1.54, 1.807) is 17.1 Å². The number of amides is 1. The van der Waals surface area contributed by atoms with Crippen molar-refractivity contribution in [2.24, 2.45) is 0 Å². The van der Waals surface area contributed by atoms with E-state index in [4.69, 9.17) is 9.82 Å². The van der Waals surface area contributed by atoms with Crippen molar-refractivity contribution in [1.29, 1.82) is 0 Å². The van der Waals surface area contributed by atoms with Crippen molar-refractivity contribution in [3.8, 4) is 0 Å². The van der Waals surface area contributed by atoms with Gasteiger partial charge in [0.05, 0.1) is 36.3 Å². The molecule has 0 unspecified atom stereocenters. The zero-order chi connectivity index (χ0) is 27.8. The molecular formula is C28H35N11O2. The van der Waals surface area contributed by atoms with Gasteiger partial charge in [-0.3, -0.25) is 19.3 Å². The predicted octanol–water partition coefficient (Wildman–Crippen LogP) is 1.62. The summed E-state index contributed by atoms with van der Waals surface area (Å²) in [5.74, 6) is 0.573. The Balaban J connectivity index is 1.00. The number of piperazine rings is 2. The Labute approximate surface area is 238 Å². The average Bonchev–Trinajstić information content (AvgIpc) is 3.67. The van der Waals surface area contributed by atoms with Crippen LogP contribution in [-0.4, -0.2) is 109 Å². The Morgan fingerprint density at radius 1 is 1.07 bits per heavy atom. The fourth-order valence-electron chi connectivity index (χ4n) is 6.03. The second-order valence-electron chi connectivity index (χ2n) is 11.1. The van der Waals surface area contributed by atoms with Gasteiger partial charge in [0.15, 0.2) is 5.65 Å². The van der Waals surface area contributed by atoms with Crippen molar-refractivity contribution < 1.29 is 9.63 Å². The zero-order valence-electron chi connectivity index (χ0n) is 23.2. The minimum absolute atomic E-state index is 0.0831. The minimum Gasteiger partial charge on any atom is -0.365 e. The number of hydrogen-bond donors (Lipinski definition) is 1. The largest absolute Gasteiger partial charge is 0.365 e. The number of anilines is 3. The maximum Gasteiger partial charge on any atom is 0.247 e. The third kappa shape index (κ3) is 5.47. The van der Waals surface area contributed by atoms with Crippen molar-refractivity contribution in [3.63, 3.8) is 0 Å². The lowest BCUT2D eigenvalue weighted by atomic mass is 10.2. The first-order valence-electron chi connectivity index (χ1n) is 14.3. The molecule has 4 aromatic heterocycles. The van der Waals surface area contributed by atoms with Crippen LogP contribution in [0.15, 0.2) is 55.2 Å². The highest BCUT2D eigenvalue weighted by Crippen LogP contribution is 2.34. The van der Waals surface area contributed by atoms with Gasteiger partial charge in [-0.25, -0.2) is 4.52 Å². The Morgan fingerprint density at radius 2 is 1.90 bits per heavy atom. The second-order valence-corrected chi connectivity index (χ2v) is 11.1. The van der Waals surface area contributed by atoms with Crippen LogP contribution in [0.4, 0.5) is 17.3 Å². The highest BCUT2D eigenvalue weighted by Gasteiger charge is 2.41. The molecule has 214 valence electrons. The smallest absolute Gasteiger partial charge is 0.247 e. The number of rotatable bonds is 8. The first-order chi connectivity index (χ1) is 20.1. The summed E-state index contributed by atoms with van der Waals surface area (Å²) in [5.41, 5.74) is 3.68. The summed E-state index contributed by atoms with van der Waals surface area (Å²) in [5, 5.41) is 14.5. The SMILES string of the molecule is CN1CCN(C(=O)Cn2cc(Nc3nc4c(N5C[C@H]6CC[C@@H](C5)N6OCc5cccnc5)cccn4n3)cn2)CC1. The summed E-state index contributed by atoms with van der Waals surface area (Å²) < 4.78 is 3.47. The van der Waals surface area contributed by atoms with Crippen LogP contribution in [0.5, 0.6) is 0 Å². The van der Waals surface area contributed by atoms with Crippen LogP contribution in [0.2, 0.25) is 0 Å². The molecule has 13 nitrogen and oxygen atoms in total. The monoisotopic (exact) mass is 557 g/mol. The van der Waals surface area contributed by atoms with Crippen LogP contribution >= 0.6 is 0 Å². The van der Waals surface area contributed by atoms with Gasteiger partial charge in [0.1, 0.15) is 6.54 Å². The predicted molar refractivity (Wildman–Crippen MR) is 152 cm³/mol. The lowest BCUT2D eigenvalue weighted by molar-refractivity contribution is -0.205. The van der Waals surface area contributed by atoms with Crippen molar-refractivity contribution >= 4 is 28.9 Å². The molecular weight excluding hydrogens is 522 g/mol. The molecule has 2 atom stereocenters. The molecule has 13 heteroatoms. The first kappa shape index (κ1) is 25.9. The maximum absolute atomic E-state index is 12.7. The second kappa shape index (κ2) is 11.1. The van der Waals surface area contributed by atoms with Crippen LogP contribution in [0.1, 0.15) is 18.4 Å². The maximum atomic E-state index is 12.7.